The van der Waals surface area contributed by atoms with Crippen molar-refractivity contribution >= 4 is 33.1 Å². The van der Waals surface area contributed by atoms with Crippen molar-refractivity contribution in [2.24, 2.45) is 0 Å². The minimum atomic E-state index is -0.345. The van der Waals surface area contributed by atoms with Gasteiger partial charge in [-0.25, -0.2) is 0 Å². The summed E-state index contributed by atoms with van der Waals surface area (Å²) in [6.07, 6.45) is 1.17. The van der Waals surface area contributed by atoms with Gasteiger partial charge in [0, 0.05) is 17.7 Å². The van der Waals surface area contributed by atoms with E-state index < -0.39 is 0 Å². The fourth-order valence-electron chi connectivity index (χ4n) is 5.07. The van der Waals surface area contributed by atoms with Crippen LogP contribution in [-0.2, 0) is 4.79 Å². The number of halogens is 1. The first-order valence-electron chi connectivity index (χ1n) is 12.0. The molecule has 5 rings (SSSR count). The highest BCUT2D eigenvalue weighted by atomic mass is 79.9. The Balaban J connectivity index is 1.61. The third-order valence-corrected chi connectivity index (χ3v) is 7.35. The number of carbonyl (C=O) groups excluding carboxylic acids is 1. The summed E-state index contributed by atoms with van der Waals surface area (Å²) in [4.78, 5) is 13.8. The molecule has 0 spiro atoms. The Bertz CT molecular complexity index is 1320. The molecule has 0 saturated carbocycles. The molecular formula is C29H29BrN2O4. The Kier molecular flexibility index (Phi) is 6.92. The molecule has 0 fully saturated rings. The number of nitrogens with one attached hydrogen (secondary N) is 2. The Labute approximate surface area is 219 Å². The summed E-state index contributed by atoms with van der Waals surface area (Å²) < 4.78 is 17.5. The van der Waals surface area contributed by atoms with Crippen LogP contribution < -0.4 is 24.8 Å². The monoisotopic (exact) mass is 548 g/mol. The standard InChI is InChI=1S/C29H29BrN2O4/c1-4-36-26-16-19(13-21(30)29(26)35-3)28-27-24(31-22-7-5-6-8-23(22)32-28)14-18(15-25(27)33)17-9-11-20(34-2)12-10-17/h5-13,16,18,28,31-32H,4,14-15H2,1-3H3/t18-,28-/m0/s1. The minimum Gasteiger partial charge on any atom is -0.497 e. The Morgan fingerprint density at radius 1 is 0.944 bits per heavy atom. The molecule has 0 saturated heterocycles. The predicted molar refractivity (Wildman–Crippen MR) is 145 cm³/mol. The second kappa shape index (κ2) is 10.3. The van der Waals surface area contributed by atoms with E-state index in [1.165, 1.54) is 0 Å². The average molecular weight is 549 g/mol. The molecule has 36 heavy (non-hydrogen) atoms. The summed E-state index contributed by atoms with van der Waals surface area (Å²) in [5, 5.41) is 7.23. The topological polar surface area (TPSA) is 68.8 Å². The zero-order chi connectivity index (χ0) is 25.2. The number of methoxy groups -OCH3 is 2. The molecule has 0 amide bonds. The van der Waals surface area contributed by atoms with Crippen LogP contribution in [0.2, 0.25) is 0 Å². The molecule has 2 atom stereocenters. The van der Waals surface area contributed by atoms with E-state index >= 15 is 0 Å². The number of allylic oxidation sites excluding steroid dienone is 1. The molecule has 1 heterocycles. The van der Waals surface area contributed by atoms with Crippen molar-refractivity contribution in [1.29, 1.82) is 0 Å². The molecule has 2 aliphatic rings. The molecule has 3 aromatic rings. The lowest BCUT2D eigenvalue weighted by molar-refractivity contribution is -0.116. The first kappa shape index (κ1) is 24.3. The summed E-state index contributed by atoms with van der Waals surface area (Å²) in [5.74, 6) is 2.29. The van der Waals surface area contributed by atoms with Crippen molar-refractivity contribution in [3.05, 3.63) is 87.5 Å². The molecule has 0 unspecified atom stereocenters. The van der Waals surface area contributed by atoms with Crippen molar-refractivity contribution in [3.8, 4) is 17.2 Å². The SMILES string of the molecule is CCOc1cc([C@@H]2Nc3ccccc3NC3=C2C(=O)C[C@@H](c2ccc(OC)cc2)C3)cc(Br)c1OC. The number of Topliss-reactive ketones (excluding diaryl/α,β-unsaturated/α-hetero) is 1. The number of fused-ring (bicyclic) bond motifs is 1. The minimum absolute atomic E-state index is 0.0853. The third kappa shape index (κ3) is 4.55. The lowest BCUT2D eigenvalue weighted by Gasteiger charge is -2.30. The number of anilines is 2. The van der Waals surface area contributed by atoms with E-state index in [9.17, 15) is 4.79 Å². The summed E-state index contributed by atoms with van der Waals surface area (Å²) in [6, 6.07) is 19.7. The number of hydrogen-bond acceptors (Lipinski definition) is 6. The summed E-state index contributed by atoms with van der Waals surface area (Å²) in [7, 11) is 3.28. The largest absolute Gasteiger partial charge is 0.497 e. The Morgan fingerprint density at radius 3 is 2.39 bits per heavy atom. The second-order valence-corrected chi connectivity index (χ2v) is 9.76. The van der Waals surface area contributed by atoms with E-state index in [2.05, 4.69) is 38.7 Å². The number of ether oxygens (including phenoxy) is 3. The molecule has 0 bridgehead atoms. The zero-order valence-corrected chi connectivity index (χ0v) is 22.1. The molecule has 0 radical (unpaired) electrons. The van der Waals surface area contributed by atoms with E-state index in [1.54, 1.807) is 14.2 Å². The fraction of sp³-hybridized carbons (Fsp3) is 0.276. The number of rotatable bonds is 6. The quantitative estimate of drug-likeness (QED) is 0.351. The van der Waals surface area contributed by atoms with Gasteiger partial charge < -0.3 is 24.8 Å². The van der Waals surface area contributed by atoms with Gasteiger partial charge in [-0.2, -0.15) is 0 Å². The van der Waals surface area contributed by atoms with Crippen LogP contribution in [-0.4, -0.2) is 26.6 Å². The van der Waals surface area contributed by atoms with Crippen molar-refractivity contribution in [2.45, 2.75) is 31.7 Å². The van der Waals surface area contributed by atoms with Gasteiger partial charge in [0.2, 0.25) is 0 Å². The first-order valence-corrected chi connectivity index (χ1v) is 12.8. The van der Waals surface area contributed by atoms with Crippen LogP contribution in [0.25, 0.3) is 0 Å². The highest BCUT2D eigenvalue weighted by Gasteiger charge is 2.36. The molecule has 6 nitrogen and oxygen atoms in total. The molecule has 186 valence electrons. The highest BCUT2D eigenvalue weighted by Crippen LogP contribution is 2.46. The number of ketones is 1. The number of carbonyl (C=O) groups is 1. The Hall–Kier alpha value is -3.45. The maximum Gasteiger partial charge on any atom is 0.174 e. The smallest absolute Gasteiger partial charge is 0.174 e. The van der Waals surface area contributed by atoms with E-state index in [0.717, 1.165) is 50.4 Å². The summed E-state index contributed by atoms with van der Waals surface area (Å²) >= 11 is 3.64. The normalized spacial score (nSPS) is 18.8. The molecule has 7 heteroatoms. The Morgan fingerprint density at radius 2 is 1.69 bits per heavy atom. The molecule has 1 aliphatic carbocycles. The third-order valence-electron chi connectivity index (χ3n) is 6.77. The van der Waals surface area contributed by atoms with Crippen LogP contribution >= 0.6 is 15.9 Å². The molecule has 0 aromatic heterocycles. The van der Waals surface area contributed by atoms with E-state index in [0.29, 0.717) is 24.5 Å². The predicted octanol–water partition coefficient (Wildman–Crippen LogP) is 6.84. The average Bonchev–Trinajstić information content (AvgIpc) is 3.06. The summed E-state index contributed by atoms with van der Waals surface area (Å²) in [5.41, 5.74) is 5.65. The van der Waals surface area contributed by atoms with Gasteiger partial charge in [0.25, 0.3) is 0 Å². The van der Waals surface area contributed by atoms with Gasteiger partial charge in [0.15, 0.2) is 17.3 Å². The summed E-state index contributed by atoms with van der Waals surface area (Å²) in [6.45, 7) is 2.44. The van der Waals surface area contributed by atoms with Crippen molar-refractivity contribution in [1.82, 2.24) is 0 Å². The van der Waals surface area contributed by atoms with Crippen LogP contribution in [0.15, 0.2) is 76.4 Å². The molecular weight excluding hydrogens is 520 g/mol. The van der Waals surface area contributed by atoms with Crippen molar-refractivity contribution in [2.75, 3.05) is 31.5 Å². The van der Waals surface area contributed by atoms with Crippen molar-refractivity contribution in [3.63, 3.8) is 0 Å². The van der Waals surface area contributed by atoms with Gasteiger partial charge >= 0.3 is 0 Å². The second-order valence-electron chi connectivity index (χ2n) is 8.91. The van der Waals surface area contributed by atoms with E-state index in [4.69, 9.17) is 14.2 Å². The van der Waals surface area contributed by atoms with Gasteiger partial charge in [0.05, 0.1) is 42.7 Å². The van der Waals surface area contributed by atoms with Crippen LogP contribution in [0.1, 0.15) is 42.9 Å². The van der Waals surface area contributed by atoms with Crippen LogP contribution in [0, 0.1) is 0 Å². The molecule has 1 aliphatic heterocycles. The molecule has 2 N–H and O–H groups in total. The number of benzene rings is 3. The van der Waals surface area contributed by atoms with Crippen molar-refractivity contribution < 1.29 is 19.0 Å². The van der Waals surface area contributed by atoms with Gasteiger partial charge in [-0.3, -0.25) is 4.79 Å². The maximum absolute atomic E-state index is 13.8. The van der Waals surface area contributed by atoms with E-state index in [1.807, 2.05) is 55.5 Å². The van der Waals surface area contributed by atoms with Gasteiger partial charge in [-0.15, -0.1) is 0 Å². The number of hydrogen-bond donors (Lipinski definition) is 2. The first-order chi connectivity index (χ1) is 17.5. The van der Waals surface area contributed by atoms with E-state index in [-0.39, 0.29) is 17.7 Å². The number of para-hydroxylation sites is 2. The van der Waals surface area contributed by atoms with Crippen LogP contribution in [0.3, 0.4) is 0 Å². The van der Waals surface area contributed by atoms with Gasteiger partial charge in [-0.1, -0.05) is 24.3 Å². The van der Waals surface area contributed by atoms with Crippen LogP contribution in [0.5, 0.6) is 17.2 Å². The van der Waals surface area contributed by atoms with Crippen LogP contribution in [0.4, 0.5) is 11.4 Å². The zero-order valence-electron chi connectivity index (χ0n) is 20.6. The molecule has 3 aromatic carbocycles. The fourth-order valence-corrected chi connectivity index (χ4v) is 5.69. The van der Waals surface area contributed by atoms with Gasteiger partial charge in [-0.05, 0) is 82.7 Å². The highest BCUT2D eigenvalue weighted by molar-refractivity contribution is 9.10. The lowest BCUT2D eigenvalue weighted by Crippen LogP contribution is -2.27. The maximum atomic E-state index is 13.8. The lowest BCUT2D eigenvalue weighted by atomic mass is 9.78. The van der Waals surface area contributed by atoms with Gasteiger partial charge in [0.1, 0.15) is 5.75 Å².